The zero-order valence-electron chi connectivity index (χ0n) is 20.8. The summed E-state index contributed by atoms with van der Waals surface area (Å²) < 4.78 is 0. The molecule has 2 aromatic rings. The van der Waals surface area contributed by atoms with Crippen LogP contribution in [0.1, 0.15) is 70.9 Å². The minimum atomic E-state index is 0.861. The van der Waals surface area contributed by atoms with Gasteiger partial charge in [-0.25, -0.2) is 4.98 Å². The molecular weight excluding hydrogens is 420 g/mol. The maximum Gasteiger partial charge on any atom is 0.183 e. The zero-order chi connectivity index (χ0) is 23.1. The molecule has 1 aliphatic rings. The summed E-state index contributed by atoms with van der Waals surface area (Å²) in [7, 11) is 4.11. The van der Waals surface area contributed by atoms with Crippen LogP contribution in [0.25, 0.3) is 0 Å². The number of fused-ring (bicyclic) bond motifs is 1. The van der Waals surface area contributed by atoms with Gasteiger partial charge in [0.2, 0.25) is 0 Å². The van der Waals surface area contributed by atoms with E-state index in [0.717, 1.165) is 36.4 Å². The third kappa shape index (κ3) is 9.42. The molecule has 0 amide bonds. The minimum Gasteiger partial charge on any atom is -0.364 e. The van der Waals surface area contributed by atoms with E-state index >= 15 is 0 Å². The van der Waals surface area contributed by atoms with Crippen LogP contribution in [0.5, 0.6) is 0 Å². The normalized spacial score (nSPS) is 12.9. The zero-order valence-corrected chi connectivity index (χ0v) is 22.4. The Hall–Kier alpha value is -1.24. The Kier molecular flexibility index (Phi) is 14.7. The van der Waals surface area contributed by atoms with E-state index in [2.05, 4.69) is 72.6 Å². The number of nitrogens with one attached hydrogen (secondary N) is 2. The number of rotatable bonds is 10. The van der Waals surface area contributed by atoms with Crippen molar-refractivity contribution in [1.29, 1.82) is 0 Å². The number of nitrogens with zero attached hydrogens (tertiary/aromatic N) is 2. The third-order valence-corrected chi connectivity index (χ3v) is 7.47. The molecule has 0 bridgehead atoms. The molecular formula is C25H44N4S2. The van der Waals surface area contributed by atoms with Gasteiger partial charge in [-0.15, -0.1) is 23.1 Å². The monoisotopic (exact) mass is 464 g/mol. The van der Waals surface area contributed by atoms with Crippen LogP contribution in [0.3, 0.4) is 0 Å². The second-order valence-corrected chi connectivity index (χ2v) is 9.56. The van der Waals surface area contributed by atoms with Gasteiger partial charge in [0.1, 0.15) is 0 Å². The Morgan fingerprint density at radius 2 is 1.87 bits per heavy atom. The van der Waals surface area contributed by atoms with E-state index in [4.69, 9.17) is 0 Å². The minimum absolute atomic E-state index is 0.861. The Labute approximate surface area is 199 Å². The number of thiazole rings is 1. The summed E-state index contributed by atoms with van der Waals surface area (Å²) in [5.74, 6) is 1.96. The topological polar surface area (TPSA) is 40.2 Å². The van der Waals surface area contributed by atoms with Crippen LogP contribution in [-0.4, -0.2) is 31.5 Å². The second-order valence-electron chi connectivity index (χ2n) is 7.49. The average Bonchev–Trinajstić information content (AvgIpc) is 3.38. The first kappa shape index (κ1) is 27.8. The van der Waals surface area contributed by atoms with E-state index in [1.165, 1.54) is 46.8 Å². The number of aromatic nitrogens is 1. The highest BCUT2D eigenvalue weighted by atomic mass is 32.2. The Morgan fingerprint density at radius 1 is 1.13 bits per heavy atom. The van der Waals surface area contributed by atoms with Gasteiger partial charge in [-0.2, -0.15) is 0 Å². The van der Waals surface area contributed by atoms with Gasteiger partial charge in [0.25, 0.3) is 0 Å². The van der Waals surface area contributed by atoms with Crippen LogP contribution >= 0.6 is 23.1 Å². The molecule has 31 heavy (non-hydrogen) atoms. The average molecular weight is 465 g/mol. The summed E-state index contributed by atoms with van der Waals surface area (Å²) in [5.41, 5.74) is 2.61. The lowest BCUT2D eigenvalue weighted by molar-refractivity contribution is 0.443. The van der Waals surface area contributed by atoms with Crippen LogP contribution in [0.2, 0.25) is 0 Å². The molecule has 2 N–H and O–H groups in total. The number of hydrogen-bond acceptors (Lipinski definition) is 6. The first-order valence-corrected chi connectivity index (χ1v) is 13.7. The molecule has 0 aliphatic carbocycles. The predicted molar refractivity (Wildman–Crippen MR) is 143 cm³/mol. The van der Waals surface area contributed by atoms with E-state index in [1.54, 1.807) is 11.3 Å². The van der Waals surface area contributed by atoms with Gasteiger partial charge < -0.3 is 15.5 Å². The molecule has 2 heterocycles. The van der Waals surface area contributed by atoms with E-state index in [-0.39, 0.29) is 0 Å². The predicted octanol–water partition coefficient (Wildman–Crippen LogP) is 7.27. The smallest absolute Gasteiger partial charge is 0.183 e. The summed E-state index contributed by atoms with van der Waals surface area (Å²) in [6.45, 7) is 12.7. The molecule has 176 valence electrons. The summed E-state index contributed by atoms with van der Waals surface area (Å²) >= 11 is 3.70. The molecule has 3 rings (SSSR count). The quantitative estimate of drug-likeness (QED) is 0.387. The van der Waals surface area contributed by atoms with Crippen LogP contribution in [0.15, 0.2) is 29.2 Å². The SMILES string of the molecule is CC.CCCC(CC)CCNc1nc(CC)c(CNC)s1.CN1CSc2ccccc21. The lowest BCUT2D eigenvalue weighted by Gasteiger charge is -2.13. The van der Waals surface area contributed by atoms with Gasteiger partial charge in [-0.1, -0.05) is 66.0 Å². The Balaban J connectivity index is 0.000000332. The van der Waals surface area contributed by atoms with Crippen molar-refractivity contribution in [3.05, 3.63) is 34.8 Å². The largest absolute Gasteiger partial charge is 0.364 e. The van der Waals surface area contributed by atoms with Crippen molar-refractivity contribution in [2.75, 3.05) is 36.7 Å². The second kappa shape index (κ2) is 16.4. The highest BCUT2D eigenvalue weighted by molar-refractivity contribution is 7.99. The maximum absolute atomic E-state index is 4.68. The molecule has 0 radical (unpaired) electrons. The molecule has 1 atom stereocenters. The highest BCUT2D eigenvalue weighted by Crippen LogP contribution is 2.36. The van der Waals surface area contributed by atoms with Crippen molar-refractivity contribution in [2.45, 2.75) is 78.2 Å². The van der Waals surface area contributed by atoms with Gasteiger partial charge in [0.15, 0.2) is 5.13 Å². The van der Waals surface area contributed by atoms with Gasteiger partial charge in [0.05, 0.1) is 17.3 Å². The fraction of sp³-hybridized carbons (Fsp3) is 0.640. The highest BCUT2D eigenvalue weighted by Gasteiger charge is 2.14. The number of para-hydroxylation sites is 1. The maximum atomic E-state index is 4.68. The van der Waals surface area contributed by atoms with Crippen LogP contribution in [0.4, 0.5) is 10.8 Å². The number of benzene rings is 1. The summed E-state index contributed by atoms with van der Waals surface area (Å²) in [4.78, 5) is 9.72. The standard InChI is InChI=1S/C15H29N3S.C8H9NS.C2H6/c1-5-8-12(6-2)9-10-17-15-18-13(7-3)14(19-15)11-16-4;1-9-6-10-8-5-3-2-4-7(8)9;1-2/h12,16H,5-11H2,1-4H3,(H,17,18);2-5H,6H2,1H3;1-2H3. The Bertz CT molecular complexity index is 717. The van der Waals surface area contributed by atoms with E-state index in [9.17, 15) is 0 Å². The van der Waals surface area contributed by atoms with Gasteiger partial charge in [0, 0.05) is 29.9 Å². The van der Waals surface area contributed by atoms with Crippen molar-refractivity contribution in [3.63, 3.8) is 0 Å². The Morgan fingerprint density at radius 3 is 2.48 bits per heavy atom. The molecule has 6 heteroatoms. The molecule has 1 aromatic carbocycles. The fourth-order valence-electron chi connectivity index (χ4n) is 3.51. The fourth-order valence-corrected chi connectivity index (χ4v) is 5.61. The molecule has 0 spiro atoms. The summed E-state index contributed by atoms with van der Waals surface area (Å²) in [5, 5.41) is 7.81. The van der Waals surface area contributed by atoms with Gasteiger partial charge in [-0.3, -0.25) is 0 Å². The third-order valence-electron chi connectivity index (χ3n) is 5.24. The lowest BCUT2D eigenvalue weighted by atomic mass is 9.97. The van der Waals surface area contributed by atoms with Crippen molar-refractivity contribution in [2.24, 2.45) is 5.92 Å². The van der Waals surface area contributed by atoms with E-state index in [1.807, 2.05) is 32.7 Å². The van der Waals surface area contributed by atoms with E-state index < -0.39 is 0 Å². The van der Waals surface area contributed by atoms with Crippen molar-refractivity contribution < 1.29 is 0 Å². The number of anilines is 2. The van der Waals surface area contributed by atoms with Crippen molar-refractivity contribution >= 4 is 33.9 Å². The van der Waals surface area contributed by atoms with Crippen molar-refractivity contribution in [3.8, 4) is 0 Å². The van der Waals surface area contributed by atoms with Crippen LogP contribution in [0, 0.1) is 5.92 Å². The first-order chi connectivity index (χ1) is 15.1. The van der Waals surface area contributed by atoms with Crippen molar-refractivity contribution in [1.82, 2.24) is 10.3 Å². The molecule has 0 fully saturated rings. The summed E-state index contributed by atoms with van der Waals surface area (Å²) in [6, 6.07) is 8.50. The molecule has 0 saturated carbocycles. The van der Waals surface area contributed by atoms with Crippen LogP contribution < -0.4 is 15.5 Å². The number of hydrogen-bond donors (Lipinski definition) is 2. The molecule has 0 saturated heterocycles. The lowest BCUT2D eigenvalue weighted by Crippen LogP contribution is -2.10. The molecule has 1 unspecified atom stereocenters. The van der Waals surface area contributed by atoms with Gasteiger partial charge >= 0.3 is 0 Å². The molecule has 4 nitrogen and oxygen atoms in total. The summed E-state index contributed by atoms with van der Waals surface area (Å²) in [6.07, 6.45) is 6.21. The first-order valence-electron chi connectivity index (χ1n) is 11.9. The number of aryl methyl sites for hydroxylation is 1. The van der Waals surface area contributed by atoms with Gasteiger partial charge in [-0.05, 0) is 37.9 Å². The molecule has 1 aliphatic heterocycles. The van der Waals surface area contributed by atoms with Crippen LogP contribution in [-0.2, 0) is 13.0 Å². The number of thioether (sulfide) groups is 1. The molecule has 1 aromatic heterocycles. The van der Waals surface area contributed by atoms with E-state index in [0.29, 0.717) is 0 Å².